The Morgan fingerprint density at radius 3 is 2.56 bits per heavy atom. The highest BCUT2D eigenvalue weighted by molar-refractivity contribution is 5.83. The van der Waals surface area contributed by atoms with Gasteiger partial charge < -0.3 is 10.6 Å². The monoisotopic (exact) mass is 225 g/mol. The number of hydrogen-bond acceptors (Lipinski definition) is 3. The molecule has 0 bridgehead atoms. The maximum absolute atomic E-state index is 12.3. The second-order valence-corrected chi connectivity index (χ2v) is 5.06. The number of piperazine rings is 1. The fraction of sp³-hybridized carbons (Fsp3) is 0.917. The zero-order chi connectivity index (χ0) is 11.5. The number of carbonyl (C=O) groups is 1. The summed E-state index contributed by atoms with van der Waals surface area (Å²) in [5, 5.41) is 0. The van der Waals surface area contributed by atoms with E-state index in [-0.39, 0.29) is 11.9 Å². The van der Waals surface area contributed by atoms with E-state index < -0.39 is 0 Å². The van der Waals surface area contributed by atoms with Crippen molar-refractivity contribution >= 4 is 5.91 Å². The molecule has 4 nitrogen and oxygen atoms in total. The number of amides is 1. The maximum atomic E-state index is 12.3. The second kappa shape index (κ2) is 5.15. The fourth-order valence-electron chi connectivity index (χ4n) is 2.95. The van der Waals surface area contributed by atoms with Gasteiger partial charge in [0.15, 0.2) is 0 Å². The number of likely N-dealkylation sites (N-methyl/N-ethyl adjacent to an activating group) is 1. The lowest BCUT2D eigenvalue weighted by Gasteiger charge is -2.43. The minimum Gasteiger partial charge on any atom is -0.337 e. The van der Waals surface area contributed by atoms with Gasteiger partial charge in [-0.25, -0.2) is 0 Å². The van der Waals surface area contributed by atoms with Gasteiger partial charge in [-0.15, -0.1) is 0 Å². The lowest BCUT2D eigenvalue weighted by atomic mass is 9.93. The lowest BCUT2D eigenvalue weighted by Crippen LogP contribution is -2.60. The number of hydrogen-bond donors (Lipinski definition) is 1. The smallest absolute Gasteiger partial charge is 0.241 e. The van der Waals surface area contributed by atoms with Gasteiger partial charge in [0.1, 0.15) is 6.04 Å². The van der Waals surface area contributed by atoms with Crippen LogP contribution in [0.1, 0.15) is 32.1 Å². The summed E-state index contributed by atoms with van der Waals surface area (Å²) in [6.07, 6.45) is 6.26. The van der Waals surface area contributed by atoms with Crippen LogP contribution < -0.4 is 5.73 Å². The first-order valence-electron chi connectivity index (χ1n) is 6.45. The van der Waals surface area contributed by atoms with Crippen molar-refractivity contribution in [2.24, 2.45) is 5.73 Å². The van der Waals surface area contributed by atoms with Crippen LogP contribution in [-0.4, -0.2) is 54.5 Å². The predicted octanol–water partition coefficient (Wildman–Crippen LogP) is 0.420. The van der Waals surface area contributed by atoms with E-state index in [1.807, 2.05) is 7.05 Å². The van der Waals surface area contributed by atoms with E-state index in [2.05, 4.69) is 9.80 Å². The largest absolute Gasteiger partial charge is 0.337 e. The number of carbonyl (C=O) groups excluding carboxylic acids is 1. The first kappa shape index (κ1) is 11.9. The van der Waals surface area contributed by atoms with E-state index in [9.17, 15) is 4.79 Å². The summed E-state index contributed by atoms with van der Waals surface area (Å²) in [7, 11) is 1.99. The Morgan fingerprint density at radius 1 is 1.25 bits per heavy atom. The molecule has 1 saturated heterocycles. The van der Waals surface area contributed by atoms with Crippen molar-refractivity contribution in [1.82, 2.24) is 9.80 Å². The molecule has 0 aromatic carbocycles. The van der Waals surface area contributed by atoms with Gasteiger partial charge in [-0.2, -0.15) is 0 Å². The summed E-state index contributed by atoms with van der Waals surface area (Å²) in [6, 6.07) is 0.402. The van der Waals surface area contributed by atoms with Crippen LogP contribution in [0.3, 0.4) is 0 Å². The minimum atomic E-state index is -0.0873. The molecule has 92 valence electrons. The van der Waals surface area contributed by atoms with Crippen LogP contribution in [0, 0.1) is 0 Å². The molecule has 1 heterocycles. The zero-order valence-electron chi connectivity index (χ0n) is 10.2. The third kappa shape index (κ3) is 2.23. The van der Waals surface area contributed by atoms with Gasteiger partial charge in [0.25, 0.3) is 0 Å². The quantitative estimate of drug-likeness (QED) is 0.741. The highest BCUT2D eigenvalue weighted by Gasteiger charge is 2.35. The lowest BCUT2D eigenvalue weighted by molar-refractivity contribution is -0.144. The van der Waals surface area contributed by atoms with E-state index >= 15 is 0 Å². The Bertz CT molecular complexity index is 251. The van der Waals surface area contributed by atoms with E-state index in [1.165, 1.54) is 32.1 Å². The van der Waals surface area contributed by atoms with Crippen molar-refractivity contribution in [3.8, 4) is 0 Å². The van der Waals surface area contributed by atoms with Gasteiger partial charge in [-0.1, -0.05) is 19.3 Å². The highest BCUT2D eigenvalue weighted by Crippen LogP contribution is 2.24. The highest BCUT2D eigenvalue weighted by atomic mass is 16.2. The van der Waals surface area contributed by atoms with Crippen molar-refractivity contribution in [3.63, 3.8) is 0 Å². The molecule has 0 radical (unpaired) electrons. The first-order chi connectivity index (χ1) is 7.74. The van der Waals surface area contributed by atoms with Crippen LogP contribution in [0.5, 0.6) is 0 Å². The van der Waals surface area contributed by atoms with Crippen LogP contribution in [-0.2, 0) is 4.79 Å². The minimum absolute atomic E-state index is 0.0873. The van der Waals surface area contributed by atoms with Crippen molar-refractivity contribution in [3.05, 3.63) is 0 Å². The Labute approximate surface area is 97.8 Å². The fourth-order valence-corrected chi connectivity index (χ4v) is 2.95. The van der Waals surface area contributed by atoms with E-state index in [1.54, 1.807) is 0 Å². The number of nitrogens with two attached hydrogens (primary N) is 1. The molecule has 16 heavy (non-hydrogen) atoms. The van der Waals surface area contributed by atoms with Gasteiger partial charge in [-0.3, -0.25) is 9.69 Å². The summed E-state index contributed by atoms with van der Waals surface area (Å²) in [5.74, 6) is 0.253. The first-order valence-corrected chi connectivity index (χ1v) is 6.45. The number of rotatable bonds is 2. The third-order valence-corrected chi connectivity index (χ3v) is 4.03. The predicted molar refractivity (Wildman–Crippen MR) is 64.1 cm³/mol. The van der Waals surface area contributed by atoms with Crippen LogP contribution in [0.4, 0.5) is 0 Å². The molecule has 1 aliphatic heterocycles. The molecule has 4 heteroatoms. The molecule has 2 rings (SSSR count). The summed E-state index contributed by atoms with van der Waals surface area (Å²) >= 11 is 0. The van der Waals surface area contributed by atoms with Crippen LogP contribution in [0.25, 0.3) is 0 Å². The molecule has 2 fully saturated rings. The normalized spacial score (nSPS) is 29.8. The Balaban J connectivity index is 2.01. The standard InChI is InChI=1S/C12H23N3O/c1-14-7-8-15(12(16)11(14)9-13)10-5-3-2-4-6-10/h10-11H,2-9,13H2,1H3. The average molecular weight is 225 g/mol. The van der Waals surface area contributed by atoms with Gasteiger partial charge in [-0.05, 0) is 19.9 Å². The van der Waals surface area contributed by atoms with Crippen molar-refractivity contribution in [1.29, 1.82) is 0 Å². The Hall–Kier alpha value is -0.610. The average Bonchev–Trinajstić information content (AvgIpc) is 2.31. The molecule has 0 aromatic rings. The summed E-state index contributed by atoms with van der Waals surface area (Å²) in [4.78, 5) is 16.4. The molecular weight excluding hydrogens is 202 g/mol. The molecular formula is C12H23N3O. The second-order valence-electron chi connectivity index (χ2n) is 5.06. The molecule has 1 aliphatic carbocycles. The van der Waals surface area contributed by atoms with E-state index in [0.717, 1.165) is 13.1 Å². The van der Waals surface area contributed by atoms with Gasteiger partial charge in [0, 0.05) is 25.7 Å². The molecule has 1 amide bonds. The van der Waals surface area contributed by atoms with Crippen molar-refractivity contribution in [2.75, 3.05) is 26.7 Å². The SMILES string of the molecule is CN1CCN(C2CCCCC2)C(=O)C1CN. The molecule has 1 atom stereocenters. The molecule has 1 unspecified atom stereocenters. The van der Waals surface area contributed by atoms with Gasteiger partial charge >= 0.3 is 0 Å². The number of nitrogens with zero attached hydrogens (tertiary/aromatic N) is 2. The summed E-state index contributed by atoms with van der Waals surface area (Å²) in [5.41, 5.74) is 5.69. The maximum Gasteiger partial charge on any atom is 0.241 e. The molecule has 2 N–H and O–H groups in total. The third-order valence-electron chi connectivity index (χ3n) is 4.03. The Morgan fingerprint density at radius 2 is 1.94 bits per heavy atom. The van der Waals surface area contributed by atoms with E-state index in [0.29, 0.717) is 12.6 Å². The molecule has 2 aliphatic rings. The summed E-state index contributed by atoms with van der Waals surface area (Å²) < 4.78 is 0. The van der Waals surface area contributed by atoms with E-state index in [4.69, 9.17) is 5.73 Å². The van der Waals surface area contributed by atoms with Crippen LogP contribution in [0.2, 0.25) is 0 Å². The van der Waals surface area contributed by atoms with Gasteiger partial charge in [0.05, 0.1) is 0 Å². The van der Waals surface area contributed by atoms with Crippen molar-refractivity contribution < 1.29 is 4.79 Å². The Kier molecular flexibility index (Phi) is 3.82. The zero-order valence-corrected chi connectivity index (χ0v) is 10.2. The molecule has 0 aromatic heterocycles. The van der Waals surface area contributed by atoms with Crippen LogP contribution in [0.15, 0.2) is 0 Å². The van der Waals surface area contributed by atoms with Crippen molar-refractivity contribution in [2.45, 2.75) is 44.2 Å². The van der Waals surface area contributed by atoms with Gasteiger partial charge in [0.2, 0.25) is 5.91 Å². The molecule has 0 spiro atoms. The topological polar surface area (TPSA) is 49.6 Å². The summed E-state index contributed by atoms with van der Waals surface area (Å²) in [6.45, 7) is 2.29. The van der Waals surface area contributed by atoms with Crippen LogP contribution >= 0.6 is 0 Å². The molecule has 1 saturated carbocycles.